The molecule has 0 aliphatic carbocycles. The largest absolute Gasteiger partial charge is 0.346 e. The molecule has 4 rings (SSSR count). The fourth-order valence-electron chi connectivity index (χ4n) is 5.06. The summed E-state index contributed by atoms with van der Waals surface area (Å²) in [6.45, 7) is 6.73. The number of imidazole rings is 1. The van der Waals surface area contributed by atoms with Crippen LogP contribution in [0.4, 0.5) is 0 Å². The number of hydrogen-bond donors (Lipinski definition) is 2. The number of nitrogens with zero attached hydrogens (tertiary/aromatic N) is 2. The first-order chi connectivity index (χ1) is 17.8. The first kappa shape index (κ1) is 26.6. The van der Waals surface area contributed by atoms with Crippen LogP contribution in [0.5, 0.6) is 0 Å². The summed E-state index contributed by atoms with van der Waals surface area (Å²) in [5, 5.41) is 2.90. The maximum atomic E-state index is 13.5. The summed E-state index contributed by atoms with van der Waals surface area (Å²) in [7, 11) is 0. The van der Waals surface area contributed by atoms with Crippen molar-refractivity contribution < 1.29 is 14.4 Å². The minimum absolute atomic E-state index is 0.00978. The third kappa shape index (κ3) is 6.85. The van der Waals surface area contributed by atoms with Crippen LogP contribution in [-0.2, 0) is 14.4 Å². The van der Waals surface area contributed by atoms with E-state index in [0.29, 0.717) is 18.9 Å². The average molecular weight is 503 g/mol. The number of para-hydroxylation sites is 2. The number of amides is 2. The van der Waals surface area contributed by atoms with Crippen molar-refractivity contribution in [1.29, 1.82) is 0 Å². The Labute approximate surface area is 219 Å². The zero-order valence-electron chi connectivity index (χ0n) is 22.1. The number of rotatable bonds is 11. The molecular weight excluding hydrogens is 464 g/mol. The van der Waals surface area contributed by atoms with E-state index in [2.05, 4.69) is 29.1 Å². The highest BCUT2D eigenvalue weighted by molar-refractivity contribution is 5.93. The molecule has 2 heterocycles. The summed E-state index contributed by atoms with van der Waals surface area (Å²) in [5.41, 5.74) is 2.88. The minimum atomic E-state index is -0.851. The number of aromatic amines is 1. The molecule has 1 fully saturated rings. The lowest BCUT2D eigenvalue weighted by atomic mass is 9.96. The summed E-state index contributed by atoms with van der Waals surface area (Å²) in [5.74, 6) is 0.520. The van der Waals surface area contributed by atoms with Crippen LogP contribution < -0.4 is 5.32 Å². The lowest BCUT2D eigenvalue weighted by Crippen LogP contribution is -2.45. The van der Waals surface area contributed by atoms with Crippen LogP contribution in [0.2, 0.25) is 0 Å². The molecule has 7 heteroatoms. The Kier molecular flexibility index (Phi) is 8.74. The van der Waals surface area contributed by atoms with Crippen LogP contribution >= 0.6 is 0 Å². The Morgan fingerprint density at radius 2 is 1.76 bits per heavy atom. The van der Waals surface area contributed by atoms with Gasteiger partial charge in [-0.3, -0.25) is 14.4 Å². The van der Waals surface area contributed by atoms with Gasteiger partial charge in [-0.2, -0.15) is 0 Å². The van der Waals surface area contributed by atoms with Crippen molar-refractivity contribution in [3.63, 3.8) is 0 Å². The van der Waals surface area contributed by atoms with Crippen LogP contribution in [0, 0.1) is 5.92 Å². The number of hydrogen-bond acceptors (Lipinski definition) is 4. The highest BCUT2D eigenvalue weighted by Gasteiger charge is 2.33. The fraction of sp³-hybridized carbons (Fsp3) is 0.467. The van der Waals surface area contributed by atoms with Crippen LogP contribution in [0.15, 0.2) is 54.6 Å². The topological polar surface area (TPSA) is 95.2 Å². The fourth-order valence-corrected chi connectivity index (χ4v) is 5.06. The van der Waals surface area contributed by atoms with Gasteiger partial charge in [0.15, 0.2) is 5.78 Å². The molecule has 2 aromatic carbocycles. The van der Waals surface area contributed by atoms with Gasteiger partial charge in [0.05, 0.1) is 29.5 Å². The lowest BCUT2D eigenvalue weighted by molar-refractivity contribution is -0.136. The van der Waals surface area contributed by atoms with Crippen molar-refractivity contribution in [3.05, 3.63) is 66.0 Å². The summed E-state index contributed by atoms with van der Waals surface area (Å²) in [4.78, 5) is 49.5. The zero-order valence-corrected chi connectivity index (χ0v) is 22.1. The number of carbonyl (C=O) groups excluding carboxylic acids is 3. The van der Waals surface area contributed by atoms with Gasteiger partial charge in [0, 0.05) is 25.3 Å². The van der Waals surface area contributed by atoms with Gasteiger partial charge in [0.2, 0.25) is 11.8 Å². The van der Waals surface area contributed by atoms with E-state index in [9.17, 15) is 14.4 Å². The maximum Gasteiger partial charge on any atom is 0.225 e. The second kappa shape index (κ2) is 12.2. The Balaban J connectivity index is 1.47. The Morgan fingerprint density at radius 1 is 1.03 bits per heavy atom. The molecule has 3 atom stereocenters. The van der Waals surface area contributed by atoms with Crippen LogP contribution in [0.25, 0.3) is 11.0 Å². The van der Waals surface area contributed by atoms with E-state index in [1.807, 2.05) is 66.4 Å². The molecule has 0 saturated carbocycles. The molecule has 0 bridgehead atoms. The molecule has 2 amide bonds. The molecule has 1 aliphatic heterocycles. The molecule has 0 radical (unpaired) electrons. The summed E-state index contributed by atoms with van der Waals surface area (Å²) in [6.07, 6.45) is 3.06. The molecule has 7 nitrogen and oxygen atoms in total. The number of likely N-dealkylation sites (tertiary alicyclic amines) is 1. The molecule has 0 spiro atoms. The average Bonchev–Trinajstić information content (AvgIpc) is 3.55. The highest BCUT2D eigenvalue weighted by Crippen LogP contribution is 2.32. The predicted molar refractivity (Wildman–Crippen MR) is 145 cm³/mol. The van der Waals surface area contributed by atoms with Crippen LogP contribution in [0.3, 0.4) is 0 Å². The second-order valence-electron chi connectivity index (χ2n) is 10.6. The van der Waals surface area contributed by atoms with Gasteiger partial charge >= 0.3 is 0 Å². The van der Waals surface area contributed by atoms with Crippen molar-refractivity contribution in [2.24, 2.45) is 5.92 Å². The number of aromatic nitrogens is 2. The molecule has 1 saturated heterocycles. The number of ketones is 1. The predicted octanol–water partition coefficient (Wildman–Crippen LogP) is 5.30. The van der Waals surface area contributed by atoms with Gasteiger partial charge in [0.25, 0.3) is 0 Å². The SMILES string of the molecule is CC(C)CCC(=O)N[C@@H](CC(=O)N1CCC[C@@H]1c1ccccc1)C(=O)C[C@H](C)c1nc2ccccc2[nH]1. The molecule has 1 aliphatic rings. The summed E-state index contributed by atoms with van der Waals surface area (Å²) >= 11 is 0. The van der Waals surface area contributed by atoms with Crippen molar-refractivity contribution in [3.8, 4) is 0 Å². The number of H-pyrrole nitrogens is 1. The van der Waals surface area contributed by atoms with E-state index in [0.717, 1.165) is 41.7 Å². The van der Waals surface area contributed by atoms with E-state index in [1.54, 1.807) is 0 Å². The Bertz CT molecular complexity index is 1190. The molecule has 3 aromatic rings. The maximum absolute atomic E-state index is 13.5. The van der Waals surface area contributed by atoms with E-state index in [-0.39, 0.29) is 42.4 Å². The first-order valence-corrected chi connectivity index (χ1v) is 13.4. The van der Waals surface area contributed by atoms with E-state index in [1.165, 1.54) is 0 Å². The van der Waals surface area contributed by atoms with Gasteiger partial charge in [-0.05, 0) is 42.9 Å². The molecular formula is C30H38N4O3. The third-order valence-corrected chi connectivity index (χ3v) is 7.19. The van der Waals surface area contributed by atoms with E-state index < -0.39 is 6.04 Å². The lowest BCUT2D eigenvalue weighted by Gasteiger charge is -2.27. The Morgan fingerprint density at radius 3 is 2.49 bits per heavy atom. The number of benzene rings is 2. The quantitative estimate of drug-likeness (QED) is 0.372. The number of Topliss-reactive ketones (excluding diaryl/α,β-unsaturated/α-hetero) is 1. The smallest absolute Gasteiger partial charge is 0.225 e. The molecule has 196 valence electrons. The monoisotopic (exact) mass is 502 g/mol. The van der Waals surface area contributed by atoms with Crippen LogP contribution in [0.1, 0.15) is 82.6 Å². The van der Waals surface area contributed by atoms with Gasteiger partial charge in [-0.15, -0.1) is 0 Å². The zero-order chi connectivity index (χ0) is 26.4. The first-order valence-electron chi connectivity index (χ1n) is 13.4. The number of nitrogens with one attached hydrogen (secondary N) is 2. The van der Waals surface area contributed by atoms with E-state index in [4.69, 9.17) is 0 Å². The second-order valence-corrected chi connectivity index (χ2v) is 10.6. The normalized spacial score (nSPS) is 17.2. The standard InChI is InChI=1S/C30H38N4O3/c1-20(2)15-16-28(36)31-25(19-29(37)34-17-9-14-26(34)22-10-5-4-6-11-22)27(35)18-21(3)30-32-23-12-7-8-13-24(23)33-30/h4-8,10-13,20-21,25-26H,9,14-19H2,1-3H3,(H,31,36)(H,32,33)/t21-,25-,26+/m0/s1. The summed E-state index contributed by atoms with van der Waals surface area (Å²) in [6, 6.07) is 16.9. The van der Waals surface area contributed by atoms with E-state index >= 15 is 0 Å². The number of fused-ring (bicyclic) bond motifs is 1. The van der Waals surface area contributed by atoms with Gasteiger partial charge in [-0.25, -0.2) is 4.98 Å². The Hall–Kier alpha value is -3.48. The number of carbonyl (C=O) groups is 3. The van der Waals surface area contributed by atoms with Crippen molar-refractivity contribution in [2.75, 3.05) is 6.54 Å². The molecule has 2 N–H and O–H groups in total. The third-order valence-electron chi connectivity index (χ3n) is 7.19. The van der Waals surface area contributed by atoms with Crippen molar-refractivity contribution in [2.45, 2.75) is 77.3 Å². The highest BCUT2D eigenvalue weighted by atomic mass is 16.2. The molecule has 37 heavy (non-hydrogen) atoms. The van der Waals surface area contributed by atoms with Crippen molar-refractivity contribution >= 4 is 28.6 Å². The van der Waals surface area contributed by atoms with Gasteiger partial charge < -0.3 is 15.2 Å². The minimum Gasteiger partial charge on any atom is -0.346 e. The molecule has 0 unspecified atom stereocenters. The van der Waals surface area contributed by atoms with Gasteiger partial charge in [0.1, 0.15) is 5.82 Å². The molecule has 1 aromatic heterocycles. The summed E-state index contributed by atoms with van der Waals surface area (Å²) < 4.78 is 0. The van der Waals surface area contributed by atoms with Crippen LogP contribution in [-0.4, -0.2) is 45.1 Å². The van der Waals surface area contributed by atoms with Crippen molar-refractivity contribution in [1.82, 2.24) is 20.2 Å². The van der Waals surface area contributed by atoms with Gasteiger partial charge in [-0.1, -0.05) is 63.2 Å².